The molecule has 0 saturated heterocycles. The second-order valence-electron chi connectivity index (χ2n) is 2.41. The Kier molecular flexibility index (Phi) is 5.94. The number of nitrogens with two attached hydrogens (primary N) is 1. The van der Waals surface area contributed by atoms with E-state index in [9.17, 15) is 4.79 Å². The summed E-state index contributed by atoms with van der Waals surface area (Å²) in [5, 5.41) is 0. The first kappa shape index (κ1) is 12.3. The van der Waals surface area contributed by atoms with Crippen LogP contribution in [-0.4, -0.2) is 20.1 Å². The molecule has 78 valence electrons. The van der Waals surface area contributed by atoms with Crippen molar-refractivity contribution < 1.29 is 14.3 Å². The lowest BCUT2D eigenvalue weighted by Gasteiger charge is -2.08. The molecule has 0 aromatic heterocycles. The van der Waals surface area contributed by atoms with Gasteiger partial charge >= 0.3 is 0 Å². The van der Waals surface area contributed by atoms with Crippen LogP contribution in [0.25, 0.3) is 0 Å². The van der Waals surface area contributed by atoms with Gasteiger partial charge in [0.1, 0.15) is 0 Å². The Morgan fingerprint density at radius 2 is 1.93 bits per heavy atom. The van der Waals surface area contributed by atoms with Gasteiger partial charge in [0.15, 0.2) is 11.5 Å². The highest BCUT2D eigenvalue weighted by atomic mass is 16.5. The van der Waals surface area contributed by atoms with Gasteiger partial charge < -0.3 is 15.2 Å². The van der Waals surface area contributed by atoms with E-state index >= 15 is 0 Å². The minimum Gasteiger partial charge on any atom is -0.493 e. The molecule has 0 atom stereocenters. The van der Waals surface area contributed by atoms with Gasteiger partial charge in [-0.1, -0.05) is 12.7 Å². The topological polar surface area (TPSA) is 61.5 Å². The van der Waals surface area contributed by atoms with Crippen LogP contribution in [0, 0.1) is 0 Å². The van der Waals surface area contributed by atoms with Gasteiger partial charge in [0.05, 0.1) is 14.2 Å². The van der Waals surface area contributed by atoms with Crippen LogP contribution in [0.1, 0.15) is 6.42 Å². The summed E-state index contributed by atoms with van der Waals surface area (Å²) in [4.78, 5) is 10.5. The van der Waals surface area contributed by atoms with E-state index in [0.29, 0.717) is 11.5 Å². The molecule has 0 spiro atoms. The number of hydrogen-bond acceptors (Lipinski definition) is 3. The fourth-order valence-corrected chi connectivity index (χ4v) is 0.836. The summed E-state index contributed by atoms with van der Waals surface area (Å²) in [6, 6.07) is 0. The van der Waals surface area contributed by atoms with Crippen LogP contribution in [0.3, 0.4) is 0 Å². The lowest BCUT2D eigenvalue weighted by molar-refractivity contribution is -0.117. The molecule has 2 N–H and O–H groups in total. The number of amides is 1. The molecule has 0 aliphatic heterocycles. The number of ether oxygens (including phenoxy) is 2. The molecule has 0 unspecified atom stereocenters. The molecule has 4 nitrogen and oxygen atoms in total. The molecule has 0 radical (unpaired) electrons. The Labute approximate surface area is 83.7 Å². The Morgan fingerprint density at radius 1 is 1.36 bits per heavy atom. The molecular weight excluding hydrogens is 182 g/mol. The third kappa shape index (κ3) is 4.35. The molecule has 0 saturated carbocycles. The summed E-state index contributed by atoms with van der Waals surface area (Å²) in [6.45, 7) is 3.53. The summed E-state index contributed by atoms with van der Waals surface area (Å²) < 4.78 is 10.0. The monoisotopic (exact) mass is 197 g/mol. The number of carbonyl (C=O) groups is 1. The molecule has 0 bridgehead atoms. The Morgan fingerprint density at radius 3 is 2.29 bits per heavy atom. The fourth-order valence-electron chi connectivity index (χ4n) is 0.836. The van der Waals surface area contributed by atoms with Gasteiger partial charge in [-0.05, 0) is 12.2 Å². The van der Waals surface area contributed by atoms with Crippen molar-refractivity contribution in [2.75, 3.05) is 14.2 Å². The maximum Gasteiger partial charge on any atom is 0.221 e. The second kappa shape index (κ2) is 6.77. The van der Waals surface area contributed by atoms with Crippen molar-refractivity contribution in [1.29, 1.82) is 0 Å². The van der Waals surface area contributed by atoms with E-state index in [1.807, 2.05) is 0 Å². The van der Waals surface area contributed by atoms with Gasteiger partial charge in [-0.25, -0.2) is 0 Å². The molecule has 1 amide bonds. The van der Waals surface area contributed by atoms with Crippen LogP contribution in [0.5, 0.6) is 0 Å². The van der Waals surface area contributed by atoms with E-state index in [1.165, 1.54) is 14.2 Å². The van der Waals surface area contributed by atoms with E-state index in [0.717, 1.165) is 0 Å². The van der Waals surface area contributed by atoms with Crippen LogP contribution in [0.15, 0.2) is 36.3 Å². The number of rotatable bonds is 6. The largest absolute Gasteiger partial charge is 0.493 e. The second-order valence-corrected chi connectivity index (χ2v) is 2.41. The molecular formula is C10H15NO3. The smallest absolute Gasteiger partial charge is 0.221 e. The van der Waals surface area contributed by atoms with E-state index in [1.54, 1.807) is 18.2 Å². The number of carbonyl (C=O) groups excluding carboxylic acids is 1. The molecule has 0 aromatic rings. The summed E-state index contributed by atoms with van der Waals surface area (Å²) in [7, 11) is 3.00. The average molecular weight is 197 g/mol. The quantitative estimate of drug-likeness (QED) is 0.512. The maximum absolute atomic E-state index is 10.5. The van der Waals surface area contributed by atoms with Gasteiger partial charge in [0.25, 0.3) is 0 Å². The highest BCUT2D eigenvalue weighted by Crippen LogP contribution is 2.12. The normalized spacial score (nSPS) is 12.1. The molecule has 0 aliphatic rings. The van der Waals surface area contributed by atoms with E-state index < -0.39 is 5.91 Å². The predicted octanol–water partition coefficient (Wildman–Crippen LogP) is 1.11. The van der Waals surface area contributed by atoms with Gasteiger partial charge in [0, 0.05) is 6.42 Å². The molecule has 14 heavy (non-hydrogen) atoms. The number of hydrogen-bond donors (Lipinski definition) is 1. The van der Waals surface area contributed by atoms with Crippen molar-refractivity contribution in [3.8, 4) is 0 Å². The van der Waals surface area contributed by atoms with E-state index in [-0.39, 0.29) is 6.42 Å². The van der Waals surface area contributed by atoms with Crippen molar-refractivity contribution >= 4 is 5.91 Å². The number of primary amides is 1. The average Bonchev–Trinajstić information content (AvgIpc) is 2.16. The predicted molar refractivity (Wildman–Crippen MR) is 54.2 cm³/mol. The standard InChI is InChI=1S/C10H15NO3/c1-4-5-8(13-2)9(14-3)6-7-10(11)12/h4-6H,1,7H2,2-3H3,(H2,11,12)/b8-5+,9-6+. The molecule has 0 aromatic carbocycles. The summed E-state index contributed by atoms with van der Waals surface area (Å²) >= 11 is 0. The van der Waals surface area contributed by atoms with Crippen LogP contribution in [0.4, 0.5) is 0 Å². The van der Waals surface area contributed by atoms with Crippen LogP contribution in [-0.2, 0) is 14.3 Å². The van der Waals surface area contributed by atoms with Crippen molar-refractivity contribution in [3.63, 3.8) is 0 Å². The third-order valence-electron chi connectivity index (χ3n) is 1.44. The molecule has 0 rings (SSSR count). The minimum absolute atomic E-state index is 0.112. The molecule has 0 aliphatic carbocycles. The lowest BCUT2D eigenvalue weighted by Crippen LogP contribution is -2.09. The third-order valence-corrected chi connectivity index (χ3v) is 1.44. The van der Waals surface area contributed by atoms with Gasteiger partial charge in [-0.15, -0.1) is 0 Å². The Hall–Kier alpha value is -1.71. The lowest BCUT2D eigenvalue weighted by atomic mass is 10.3. The van der Waals surface area contributed by atoms with Crippen molar-refractivity contribution in [1.82, 2.24) is 0 Å². The zero-order valence-corrected chi connectivity index (χ0v) is 8.45. The number of allylic oxidation sites excluding steroid dienone is 2. The van der Waals surface area contributed by atoms with Crippen molar-refractivity contribution in [3.05, 3.63) is 36.3 Å². The zero-order chi connectivity index (χ0) is 11.0. The summed E-state index contributed by atoms with van der Waals surface area (Å²) in [5.74, 6) is 0.545. The van der Waals surface area contributed by atoms with Crippen LogP contribution in [0.2, 0.25) is 0 Å². The SMILES string of the molecule is C=C/C=C(OC)\C(=C/CC(N)=O)OC. The zero-order valence-electron chi connectivity index (χ0n) is 8.45. The molecule has 0 fully saturated rings. The Bertz CT molecular complexity index is 267. The van der Waals surface area contributed by atoms with Crippen molar-refractivity contribution in [2.24, 2.45) is 5.73 Å². The van der Waals surface area contributed by atoms with Gasteiger partial charge in [0.2, 0.25) is 5.91 Å². The molecule has 0 heterocycles. The van der Waals surface area contributed by atoms with Crippen LogP contribution >= 0.6 is 0 Å². The maximum atomic E-state index is 10.5. The number of methoxy groups -OCH3 is 2. The highest BCUT2D eigenvalue weighted by molar-refractivity contribution is 5.75. The van der Waals surface area contributed by atoms with E-state index in [2.05, 4.69) is 6.58 Å². The fraction of sp³-hybridized carbons (Fsp3) is 0.300. The summed E-state index contributed by atoms with van der Waals surface area (Å²) in [6.07, 6.45) is 4.87. The van der Waals surface area contributed by atoms with Crippen LogP contribution < -0.4 is 5.73 Å². The summed E-state index contributed by atoms with van der Waals surface area (Å²) in [5.41, 5.74) is 4.99. The first-order chi connectivity index (χ1) is 6.65. The van der Waals surface area contributed by atoms with Gasteiger partial charge in [-0.2, -0.15) is 0 Å². The first-order valence-electron chi connectivity index (χ1n) is 4.05. The highest BCUT2D eigenvalue weighted by Gasteiger charge is 2.04. The van der Waals surface area contributed by atoms with Crippen molar-refractivity contribution in [2.45, 2.75) is 6.42 Å². The van der Waals surface area contributed by atoms with Gasteiger partial charge in [-0.3, -0.25) is 4.79 Å². The minimum atomic E-state index is -0.423. The van der Waals surface area contributed by atoms with E-state index in [4.69, 9.17) is 15.2 Å². The molecule has 4 heteroatoms. The first-order valence-corrected chi connectivity index (χ1v) is 4.05. The Balaban J connectivity index is 4.67.